The van der Waals surface area contributed by atoms with Gasteiger partial charge in [-0.1, -0.05) is 20.8 Å². The molecule has 76 valence electrons. The Labute approximate surface area is 79.4 Å². The van der Waals surface area contributed by atoms with Gasteiger partial charge >= 0.3 is 0 Å². The van der Waals surface area contributed by atoms with E-state index in [0.29, 0.717) is 0 Å². The summed E-state index contributed by atoms with van der Waals surface area (Å²) >= 11 is 0. The number of ketones is 1. The number of carbonyl (C=O) groups excluding carboxylic acids is 1. The molecule has 0 rings (SSSR count). The molecule has 0 fully saturated rings. The van der Waals surface area contributed by atoms with Crippen molar-refractivity contribution >= 4 is 5.78 Å². The Hall–Kier alpha value is -0.830. The predicted octanol–water partition coefficient (Wildman–Crippen LogP) is 1.51. The molecule has 0 aromatic carbocycles. The average molecular weight is 186 g/mol. The van der Waals surface area contributed by atoms with Crippen LogP contribution in [0, 0.1) is 5.41 Å². The first-order valence-corrected chi connectivity index (χ1v) is 4.28. The highest BCUT2D eigenvalue weighted by Gasteiger charge is 2.22. The number of hydrogen-bond acceptors (Lipinski definition) is 3. The van der Waals surface area contributed by atoms with Gasteiger partial charge in [0.05, 0.1) is 19.5 Å². The smallest absolute Gasteiger partial charge is 0.141 e. The van der Waals surface area contributed by atoms with E-state index in [-0.39, 0.29) is 17.6 Å². The third kappa shape index (κ3) is 5.42. The summed E-state index contributed by atoms with van der Waals surface area (Å²) in [5, 5.41) is 9.33. The molecule has 0 heterocycles. The fraction of sp³-hybridized carbons (Fsp3) is 0.700. The summed E-state index contributed by atoms with van der Waals surface area (Å²) in [5.41, 5.74) is -0.387. The third-order valence-corrected chi connectivity index (χ3v) is 1.67. The molecule has 1 N–H and O–H groups in total. The molecule has 1 unspecified atom stereocenters. The zero-order valence-electron chi connectivity index (χ0n) is 8.70. The first-order chi connectivity index (χ1) is 5.88. The monoisotopic (exact) mass is 186 g/mol. The Bertz CT molecular complexity index is 189. The maximum Gasteiger partial charge on any atom is 0.141 e. The molecule has 0 bridgehead atoms. The van der Waals surface area contributed by atoms with Crippen molar-refractivity contribution in [3.8, 4) is 0 Å². The van der Waals surface area contributed by atoms with Gasteiger partial charge in [-0.15, -0.1) is 0 Å². The highest BCUT2D eigenvalue weighted by molar-refractivity contribution is 5.84. The molecule has 1 atom stereocenters. The molecule has 13 heavy (non-hydrogen) atoms. The number of aliphatic hydroxyl groups is 1. The number of methoxy groups -OCH3 is 1. The van der Waals surface area contributed by atoms with Crippen LogP contribution in [0.25, 0.3) is 0 Å². The zero-order chi connectivity index (χ0) is 10.5. The third-order valence-electron chi connectivity index (χ3n) is 1.67. The SMILES string of the molecule is COC=CC(O)CC(=O)C(C)(C)C. The van der Waals surface area contributed by atoms with Crippen LogP contribution in [0.15, 0.2) is 12.3 Å². The second-order valence-electron chi connectivity index (χ2n) is 4.01. The van der Waals surface area contributed by atoms with E-state index in [0.717, 1.165) is 0 Å². The Balaban J connectivity index is 4.00. The summed E-state index contributed by atoms with van der Waals surface area (Å²) in [7, 11) is 1.49. The lowest BCUT2D eigenvalue weighted by atomic mass is 9.88. The van der Waals surface area contributed by atoms with E-state index in [9.17, 15) is 9.90 Å². The minimum absolute atomic E-state index is 0.0424. The lowest BCUT2D eigenvalue weighted by molar-refractivity contribution is -0.127. The first kappa shape index (κ1) is 12.2. The molecule has 0 aromatic rings. The summed E-state index contributed by atoms with van der Waals surface area (Å²) in [6.45, 7) is 5.51. The number of carbonyl (C=O) groups is 1. The van der Waals surface area contributed by atoms with E-state index in [1.165, 1.54) is 19.4 Å². The quantitative estimate of drug-likeness (QED) is 0.677. The Morgan fingerprint density at radius 2 is 2.08 bits per heavy atom. The van der Waals surface area contributed by atoms with Gasteiger partial charge in [-0.05, 0) is 6.08 Å². The molecule has 0 saturated carbocycles. The van der Waals surface area contributed by atoms with E-state index in [1.54, 1.807) is 0 Å². The number of rotatable bonds is 4. The van der Waals surface area contributed by atoms with Gasteiger partial charge < -0.3 is 9.84 Å². The molecule has 0 amide bonds. The highest BCUT2D eigenvalue weighted by Crippen LogP contribution is 2.17. The maximum absolute atomic E-state index is 11.4. The lowest BCUT2D eigenvalue weighted by Gasteiger charge is -2.17. The van der Waals surface area contributed by atoms with Crippen LogP contribution in [0.4, 0.5) is 0 Å². The van der Waals surface area contributed by atoms with Crippen LogP contribution in [0.1, 0.15) is 27.2 Å². The van der Waals surface area contributed by atoms with Crippen LogP contribution in [0.5, 0.6) is 0 Å². The maximum atomic E-state index is 11.4. The summed E-state index contributed by atoms with van der Waals surface area (Å²) in [6.07, 6.45) is 2.24. The molecule has 0 aromatic heterocycles. The molecule has 0 spiro atoms. The number of Topliss-reactive ketones (excluding diaryl/α,β-unsaturated/α-hetero) is 1. The molecule has 0 aliphatic rings. The molecular formula is C10H18O3. The average Bonchev–Trinajstić information content (AvgIpc) is 1.99. The fourth-order valence-corrected chi connectivity index (χ4v) is 0.733. The number of aliphatic hydroxyl groups excluding tert-OH is 1. The zero-order valence-corrected chi connectivity index (χ0v) is 8.70. The van der Waals surface area contributed by atoms with E-state index in [1.807, 2.05) is 20.8 Å². The molecule has 3 nitrogen and oxygen atoms in total. The Morgan fingerprint density at radius 3 is 2.46 bits per heavy atom. The van der Waals surface area contributed by atoms with Crippen LogP contribution in [0.3, 0.4) is 0 Å². The van der Waals surface area contributed by atoms with Crippen LogP contribution < -0.4 is 0 Å². The van der Waals surface area contributed by atoms with E-state index >= 15 is 0 Å². The second kappa shape index (κ2) is 5.02. The summed E-state index contributed by atoms with van der Waals surface area (Å²) in [6, 6.07) is 0. The van der Waals surface area contributed by atoms with E-state index in [4.69, 9.17) is 0 Å². The van der Waals surface area contributed by atoms with Crippen molar-refractivity contribution < 1.29 is 14.6 Å². The van der Waals surface area contributed by atoms with Gasteiger partial charge in [0, 0.05) is 11.8 Å². The van der Waals surface area contributed by atoms with Crippen molar-refractivity contribution in [1.82, 2.24) is 0 Å². The van der Waals surface area contributed by atoms with Gasteiger partial charge in [0.25, 0.3) is 0 Å². The van der Waals surface area contributed by atoms with Gasteiger partial charge in [-0.25, -0.2) is 0 Å². The minimum atomic E-state index is -0.744. The largest absolute Gasteiger partial charge is 0.505 e. The second-order valence-corrected chi connectivity index (χ2v) is 4.01. The van der Waals surface area contributed by atoms with Gasteiger partial charge in [0.15, 0.2) is 0 Å². The van der Waals surface area contributed by atoms with Gasteiger partial charge in [-0.2, -0.15) is 0 Å². The Morgan fingerprint density at radius 1 is 1.54 bits per heavy atom. The van der Waals surface area contributed by atoms with Crippen molar-refractivity contribution in [2.45, 2.75) is 33.3 Å². The number of ether oxygens (including phenoxy) is 1. The van der Waals surface area contributed by atoms with Crippen molar-refractivity contribution in [1.29, 1.82) is 0 Å². The van der Waals surface area contributed by atoms with Crippen LogP contribution >= 0.6 is 0 Å². The summed E-state index contributed by atoms with van der Waals surface area (Å²) in [4.78, 5) is 11.4. The van der Waals surface area contributed by atoms with Crippen LogP contribution in [0.2, 0.25) is 0 Å². The topological polar surface area (TPSA) is 46.5 Å². The predicted molar refractivity (Wildman–Crippen MR) is 51.2 cm³/mol. The van der Waals surface area contributed by atoms with Crippen LogP contribution in [-0.2, 0) is 9.53 Å². The van der Waals surface area contributed by atoms with E-state index in [2.05, 4.69) is 4.74 Å². The van der Waals surface area contributed by atoms with Crippen molar-refractivity contribution in [2.24, 2.45) is 5.41 Å². The fourth-order valence-electron chi connectivity index (χ4n) is 0.733. The minimum Gasteiger partial charge on any atom is -0.505 e. The first-order valence-electron chi connectivity index (χ1n) is 4.28. The molecule has 0 aliphatic carbocycles. The van der Waals surface area contributed by atoms with E-state index < -0.39 is 6.10 Å². The van der Waals surface area contributed by atoms with Crippen molar-refractivity contribution in [3.63, 3.8) is 0 Å². The normalized spacial score (nSPS) is 14.5. The molecule has 3 heteroatoms. The van der Waals surface area contributed by atoms with Gasteiger partial charge in [0.2, 0.25) is 0 Å². The van der Waals surface area contributed by atoms with Crippen molar-refractivity contribution in [2.75, 3.05) is 7.11 Å². The molecule has 0 aliphatic heterocycles. The Kier molecular flexibility index (Phi) is 4.70. The van der Waals surface area contributed by atoms with Crippen LogP contribution in [-0.4, -0.2) is 24.1 Å². The van der Waals surface area contributed by atoms with Crippen molar-refractivity contribution in [3.05, 3.63) is 12.3 Å². The summed E-state index contributed by atoms with van der Waals surface area (Å²) < 4.78 is 4.63. The summed E-state index contributed by atoms with van der Waals surface area (Å²) in [5.74, 6) is 0.0424. The lowest BCUT2D eigenvalue weighted by Crippen LogP contribution is -2.24. The van der Waals surface area contributed by atoms with Gasteiger partial charge in [-0.3, -0.25) is 4.79 Å². The molecule has 0 saturated heterocycles. The standard InChI is InChI=1S/C10H18O3/c1-10(2,3)9(12)7-8(11)5-6-13-4/h5-6,8,11H,7H2,1-4H3. The highest BCUT2D eigenvalue weighted by atomic mass is 16.5. The molecule has 0 radical (unpaired) electrons. The molecular weight excluding hydrogens is 168 g/mol. The van der Waals surface area contributed by atoms with Gasteiger partial charge in [0.1, 0.15) is 5.78 Å². The number of hydrogen-bond donors (Lipinski definition) is 1.